The SMILES string of the molecule is C#CCOc1ccccc1/C=c1\sc2n(c1=O)[C@@H](c1cccs1)C(C(=O)OCC)=C(C)N=2. The summed E-state index contributed by atoms with van der Waals surface area (Å²) in [4.78, 5) is 32.3. The first-order valence-corrected chi connectivity index (χ1v) is 11.6. The summed E-state index contributed by atoms with van der Waals surface area (Å²) in [5.74, 6) is 2.58. The van der Waals surface area contributed by atoms with Crippen LogP contribution < -0.4 is 19.6 Å². The van der Waals surface area contributed by atoms with Gasteiger partial charge in [-0.25, -0.2) is 9.79 Å². The lowest BCUT2D eigenvalue weighted by Crippen LogP contribution is -2.39. The summed E-state index contributed by atoms with van der Waals surface area (Å²) >= 11 is 2.75. The van der Waals surface area contributed by atoms with Crippen molar-refractivity contribution in [2.45, 2.75) is 19.9 Å². The Balaban J connectivity index is 1.90. The number of para-hydroxylation sites is 1. The molecule has 0 fully saturated rings. The monoisotopic (exact) mass is 464 g/mol. The van der Waals surface area contributed by atoms with Crippen molar-refractivity contribution in [3.63, 3.8) is 0 Å². The summed E-state index contributed by atoms with van der Waals surface area (Å²) < 4.78 is 13.0. The minimum absolute atomic E-state index is 0.132. The highest BCUT2D eigenvalue weighted by atomic mass is 32.1. The van der Waals surface area contributed by atoms with Gasteiger partial charge in [0.05, 0.1) is 22.4 Å². The minimum Gasteiger partial charge on any atom is -0.480 e. The third kappa shape index (κ3) is 4.05. The van der Waals surface area contributed by atoms with Crippen molar-refractivity contribution in [2.24, 2.45) is 4.99 Å². The van der Waals surface area contributed by atoms with E-state index in [1.807, 2.05) is 35.7 Å². The molecule has 4 rings (SSSR count). The van der Waals surface area contributed by atoms with Gasteiger partial charge in [0.1, 0.15) is 18.4 Å². The first-order chi connectivity index (χ1) is 15.5. The molecule has 3 heterocycles. The highest BCUT2D eigenvalue weighted by molar-refractivity contribution is 7.10. The third-order valence-corrected chi connectivity index (χ3v) is 6.75. The van der Waals surface area contributed by atoms with Gasteiger partial charge in [-0.2, -0.15) is 0 Å². The summed E-state index contributed by atoms with van der Waals surface area (Å²) in [5.41, 5.74) is 1.44. The zero-order valence-corrected chi connectivity index (χ0v) is 19.2. The number of benzene rings is 1. The number of allylic oxidation sites excluding steroid dienone is 1. The van der Waals surface area contributed by atoms with Gasteiger partial charge in [0.25, 0.3) is 5.56 Å². The molecule has 0 N–H and O–H groups in total. The maximum Gasteiger partial charge on any atom is 0.338 e. The van der Waals surface area contributed by atoms with Crippen molar-refractivity contribution in [1.29, 1.82) is 0 Å². The Labute approximate surface area is 192 Å². The van der Waals surface area contributed by atoms with Crippen LogP contribution >= 0.6 is 22.7 Å². The fourth-order valence-corrected chi connectivity index (χ4v) is 5.36. The van der Waals surface area contributed by atoms with E-state index in [-0.39, 0.29) is 18.8 Å². The normalized spacial score (nSPS) is 15.7. The molecule has 8 heteroatoms. The van der Waals surface area contributed by atoms with Gasteiger partial charge >= 0.3 is 5.97 Å². The lowest BCUT2D eigenvalue weighted by atomic mass is 10.0. The quantitative estimate of drug-likeness (QED) is 0.416. The molecule has 3 aromatic rings. The second kappa shape index (κ2) is 9.39. The zero-order chi connectivity index (χ0) is 22.7. The molecule has 6 nitrogen and oxygen atoms in total. The first-order valence-electron chi connectivity index (χ1n) is 9.93. The Morgan fingerprint density at radius 3 is 2.84 bits per heavy atom. The Bertz CT molecular complexity index is 1410. The second-order valence-electron chi connectivity index (χ2n) is 6.85. The smallest absolute Gasteiger partial charge is 0.338 e. The standard InChI is InChI=1S/C24H20N2O4S2/c1-4-12-30-17-10-7-6-9-16(17)14-19-22(27)26-21(18-11-8-13-31-18)20(23(28)29-5-2)15(3)25-24(26)32-19/h1,6-11,13-14,21H,5,12H2,2-3H3/b19-14-/t21-/m0/s1. The topological polar surface area (TPSA) is 69.9 Å². The summed E-state index contributed by atoms with van der Waals surface area (Å²) in [5, 5.41) is 1.92. The molecule has 1 aliphatic heterocycles. The molecule has 0 unspecified atom stereocenters. The number of thiophene rings is 1. The van der Waals surface area contributed by atoms with Crippen LogP contribution in [0.1, 0.15) is 30.3 Å². The Kier molecular flexibility index (Phi) is 6.40. The Morgan fingerprint density at radius 1 is 1.31 bits per heavy atom. The van der Waals surface area contributed by atoms with Gasteiger partial charge in [-0.15, -0.1) is 17.8 Å². The van der Waals surface area contributed by atoms with E-state index in [9.17, 15) is 9.59 Å². The van der Waals surface area contributed by atoms with Crippen LogP contribution in [-0.2, 0) is 9.53 Å². The van der Waals surface area contributed by atoms with Gasteiger partial charge in [-0.3, -0.25) is 9.36 Å². The number of rotatable bonds is 6. The van der Waals surface area contributed by atoms with Crippen molar-refractivity contribution >= 4 is 34.7 Å². The maximum absolute atomic E-state index is 13.5. The minimum atomic E-state index is -0.583. The van der Waals surface area contributed by atoms with Gasteiger partial charge in [-0.1, -0.05) is 41.5 Å². The molecule has 0 amide bonds. The molecule has 0 radical (unpaired) electrons. The maximum atomic E-state index is 13.5. The number of hydrogen-bond donors (Lipinski definition) is 0. The molecule has 0 spiro atoms. The molecule has 1 aromatic carbocycles. The number of carbonyl (C=O) groups excluding carboxylic acids is 1. The van der Waals surface area contributed by atoms with E-state index in [0.717, 1.165) is 10.4 Å². The van der Waals surface area contributed by atoms with E-state index in [1.54, 1.807) is 30.6 Å². The summed E-state index contributed by atoms with van der Waals surface area (Å²) in [6.07, 6.45) is 7.08. The number of hydrogen-bond acceptors (Lipinski definition) is 7. The molecule has 1 atom stereocenters. The molecule has 1 aliphatic rings. The molecular weight excluding hydrogens is 444 g/mol. The van der Waals surface area contributed by atoms with Crippen LogP contribution in [0.3, 0.4) is 0 Å². The van der Waals surface area contributed by atoms with Gasteiger partial charge in [0.2, 0.25) is 0 Å². The number of thiazole rings is 1. The second-order valence-corrected chi connectivity index (χ2v) is 8.84. The summed E-state index contributed by atoms with van der Waals surface area (Å²) in [7, 11) is 0. The van der Waals surface area contributed by atoms with Gasteiger partial charge in [-0.05, 0) is 37.4 Å². The molecule has 162 valence electrons. The van der Waals surface area contributed by atoms with Crippen molar-refractivity contribution < 1.29 is 14.3 Å². The van der Waals surface area contributed by atoms with Crippen LogP contribution in [0.5, 0.6) is 5.75 Å². The molecule has 2 aromatic heterocycles. The van der Waals surface area contributed by atoms with E-state index in [1.165, 1.54) is 22.7 Å². The molecular formula is C24H20N2O4S2. The third-order valence-electron chi connectivity index (χ3n) is 4.85. The van der Waals surface area contributed by atoms with Crippen molar-refractivity contribution in [2.75, 3.05) is 13.2 Å². The Hall–Kier alpha value is -3.41. The molecule has 0 aliphatic carbocycles. The number of ether oxygens (including phenoxy) is 2. The lowest BCUT2D eigenvalue weighted by Gasteiger charge is -2.23. The van der Waals surface area contributed by atoms with Crippen LogP contribution in [0.15, 0.2) is 62.8 Å². The Morgan fingerprint density at radius 2 is 2.12 bits per heavy atom. The molecule has 0 saturated heterocycles. The summed E-state index contributed by atoms with van der Waals surface area (Å²) in [6.45, 7) is 3.90. The van der Waals surface area contributed by atoms with Crippen molar-refractivity contribution in [1.82, 2.24) is 4.57 Å². The van der Waals surface area contributed by atoms with Crippen LogP contribution in [0.2, 0.25) is 0 Å². The fraction of sp³-hybridized carbons (Fsp3) is 0.208. The molecule has 32 heavy (non-hydrogen) atoms. The van der Waals surface area contributed by atoms with Gasteiger partial charge in [0.15, 0.2) is 4.80 Å². The number of nitrogens with zero attached hydrogens (tertiary/aromatic N) is 2. The van der Waals surface area contributed by atoms with Crippen LogP contribution in [0.4, 0.5) is 0 Å². The highest BCUT2D eigenvalue weighted by Crippen LogP contribution is 2.33. The van der Waals surface area contributed by atoms with E-state index < -0.39 is 12.0 Å². The number of fused-ring (bicyclic) bond motifs is 1. The molecule has 0 saturated carbocycles. The molecule has 0 bridgehead atoms. The van der Waals surface area contributed by atoms with Crippen LogP contribution in [0.25, 0.3) is 6.08 Å². The predicted octanol–water partition coefficient (Wildman–Crippen LogP) is 2.87. The van der Waals surface area contributed by atoms with E-state index in [0.29, 0.717) is 26.4 Å². The average Bonchev–Trinajstić information content (AvgIpc) is 3.41. The number of esters is 1. The largest absolute Gasteiger partial charge is 0.480 e. The number of terminal acetylenes is 1. The average molecular weight is 465 g/mol. The van der Waals surface area contributed by atoms with Crippen molar-refractivity contribution in [3.05, 3.63) is 83.2 Å². The first kappa shape index (κ1) is 21.8. The fourth-order valence-electron chi connectivity index (χ4n) is 3.50. The van der Waals surface area contributed by atoms with Gasteiger partial charge < -0.3 is 9.47 Å². The van der Waals surface area contributed by atoms with Gasteiger partial charge in [0, 0.05) is 10.4 Å². The number of aromatic nitrogens is 1. The number of carbonyl (C=O) groups is 1. The zero-order valence-electron chi connectivity index (χ0n) is 17.5. The lowest BCUT2D eigenvalue weighted by molar-refractivity contribution is -0.139. The van der Waals surface area contributed by atoms with E-state index in [2.05, 4.69) is 10.9 Å². The van der Waals surface area contributed by atoms with E-state index in [4.69, 9.17) is 15.9 Å². The van der Waals surface area contributed by atoms with E-state index >= 15 is 0 Å². The van der Waals surface area contributed by atoms with Crippen LogP contribution in [-0.4, -0.2) is 23.8 Å². The summed E-state index contributed by atoms with van der Waals surface area (Å²) in [6, 6.07) is 10.6. The van der Waals surface area contributed by atoms with Crippen molar-refractivity contribution in [3.8, 4) is 18.1 Å². The highest BCUT2D eigenvalue weighted by Gasteiger charge is 2.33. The predicted molar refractivity (Wildman–Crippen MR) is 125 cm³/mol. The van der Waals surface area contributed by atoms with Crippen LogP contribution in [0, 0.1) is 12.3 Å².